The first-order valence-corrected chi connectivity index (χ1v) is 9.65. The maximum Gasteiger partial charge on any atom is 0.432 e. The molecule has 2 heterocycles. The maximum atomic E-state index is 11.7. The van der Waals surface area contributed by atoms with E-state index in [4.69, 9.17) is 10.3 Å². The summed E-state index contributed by atoms with van der Waals surface area (Å²) in [4.78, 5) is 27.8. The van der Waals surface area contributed by atoms with Crippen LogP contribution in [0.2, 0.25) is 0 Å². The van der Waals surface area contributed by atoms with Gasteiger partial charge in [-0.25, -0.2) is 19.7 Å². The second kappa shape index (κ2) is 8.73. The van der Waals surface area contributed by atoms with Gasteiger partial charge in [0.2, 0.25) is 0 Å². The molecule has 0 unspecified atom stereocenters. The number of nitrogen functional groups attached to an aromatic ring is 1. The average molecular weight is 416 g/mol. The van der Waals surface area contributed by atoms with Crippen molar-refractivity contribution in [1.82, 2.24) is 15.0 Å². The Morgan fingerprint density at radius 3 is 2.52 bits per heavy atom. The summed E-state index contributed by atoms with van der Waals surface area (Å²) in [5.74, 6) is -0.619. The molecule has 11 heteroatoms. The van der Waals surface area contributed by atoms with Crippen molar-refractivity contribution < 1.29 is 27.0 Å². The van der Waals surface area contributed by atoms with Crippen LogP contribution in [0.5, 0.6) is 0 Å². The molecule has 0 aliphatic heterocycles. The molecule has 0 saturated heterocycles. The van der Waals surface area contributed by atoms with E-state index in [1.165, 1.54) is 6.33 Å². The quantitative estimate of drug-likeness (QED) is 0.332. The number of pyridine rings is 1. The van der Waals surface area contributed by atoms with Crippen molar-refractivity contribution in [3.63, 3.8) is 0 Å². The fraction of sp³-hybridized carbons (Fsp3) is 0.111. The van der Waals surface area contributed by atoms with Crippen molar-refractivity contribution in [2.24, 2.45) is 0 Å². The van der Waals surface area contributed by atoms with Gasteiger partial charge in [0, 0.05) is 24.2 Å². The molecule has 150 valence electrons. The highest BCUT2D eigenvalue weighted by Gasteiger charge is 2.15. The van der Waals surface area contributed by atoms with E-state index in [0.29, 0.717) is 5.82 Å². The first-order valence-electron chi connectivity index (χ1n) is 8.28. The normalized spacial score (nSPS) is 11.2. The van der Waals surface area contributed by atoms with Gasteiger partial charge in [-0.1, -0.05) is 18.2 Å². The molecule has 0 saturated carbocycles. The van der Waals surface area contributed by atoms with Gasteiger partial charge >= 0.3 is 16.4 Å². The zero-order valence-electron chi connectivity index (χ0n) is 14.9. The molecular weight excluding hydrogens is 400 g/mol. The number of aromatic nitrogens is 3. The molecular formula is C18H16N4O6S. The molecule has 0 spiro atoms. The number of aryl methyl sites for hydroxylation is 1. The Morgan fingerprint density at radius 2 is 1.83 bits per heavy atom. The number of carbonyl (C=O) groups excluding carboxylic acids is 1. The molecule has 29 heavy (non-hydrogen) atoms. The molecule has 0 bridgehead atoms. The molecule has 10 nitrogen and oxygen atoms in total. The Balaban J connectivity index is 1.89. The zero-order chi connectivity index (χ0) is 20.9. The van der Waals surface area contributed by atoms with Crippen molar-refractivity contribution in [1.29, 1.82) is 0 Å². The van der Waals surface area contributed by atoms with Crippen LogP contribution in [-0.2, 0) is 30.8 Å². The molecule has 3 rings (SSSR count). The number of nitrogens with zero attached hydrogens (tertiary/aromatic N) is 3. The number of hydrogen-bond acceptors (Lipinski definition) is 9. The molecule has 0 aliphatic carbocycles. The van der Waals surface area contributed by atoms with Crippen LogP contribution in [0.15, 0.2) is 55.2 Å². The topological polar surface area (TPSA) is 155 Å². The zero-order valence-corrected chi connectivity index (χ0v) is 15.7. The maximum absolute atomic E-state index is 11.7. The van der Waals surface area contributed by atoms with Crippen LogP contribution in [0.3, 0.4) is 0 Å². The predicted octanol–water partition coefficient (Wildman–Crippen LogP) is 2.00. The fourth-order valence-electron chi connectivity index (χ4n) is 2.69. The van der Waals surface area contributed by atoms with E-state index >= 15 is 0 Å². The van der Waals surface area contributed by atoms with Gasteiger partial charge in [0.1, 0.15) is 12.1 Å². The Hall–Kier alpha value is -3.41. The van der Waals surface area contributed by atoms with Crippen LogP contribution in [0.1, 0.15) is 12.0 Å². The van der Waals surface area contributed by atoms with Crippen LogP contribution < -0.4 is 5.73 Å². The number of anilines is 1. The van der Waals surface area contributed by atoms with Gasteiger partial charge in [-0.2, -0.15) is 8.42 Å². The van der Waals surface area contributed by atoms with E-state index < -0.39 is 16.4 Å². The third-order valence-corrected chi connectivity index (χ3v) is 4.14. The lowest BCUT2D eigenvalue weighted by Gasteiger charge is -2.12. The summed E-state index contributed by atoms with van der Waals surface area (Å²) < 4.78 is 33.1. The molecule has 0 radical (unpaired) electrons. The fourth-order valence-corrected chi connectivity index (χ4v) is 2.85. The summed E-state index contributed by atoms with van der Waals surface area (Å²) in [5.41, 5.74) is 9.75. The second-order valence-corrected chi connectivity index (χ2v) is 6.91. The second-order valence-electron chi connectivity index (χ2n) is 5.92. The van der Waals surface area contributed by atoms with Crippen LogP contribution in [-0.4, -0.2) is 33.9 Å². The van der Waals surface area contributed by atoms with Gasteiger partial charge in [0.25, 0.3) is 0 Å². The monoisotopic (exact) mass is 416 g/mol. The summed E-state index contributed by atoms with van der Waals surface area (Å²) in [6, 6.07) is 9.09. The lowest BCUT2D eigenvalue weighted by molar-refractivity contribution is -0.214. The molecule has 3 N–H and O–H groups in total. The summed E-state index contributed by atoms with van der Waals surface area (Å²) in [6.07, 6.45) is 6.31. The van der Waals surface area contributed by atoms with Gasteiger partial charge in [0.05, 0.1) is 6.42 Å². The van der Waals surface area contributed by atoms with E-state index in [9.17, 15) is 13.2 Å². The largest absolute Gasteiger partial charge is 0.432 e. The van der Waals surface area contributed by atoms with Crippen LogP contribution in [0, 0.1) is 0 Å². The molecule has 3 aromatic rings. The molecule has 0 fully saturated rings. The highest BCUT2D eigenvalue weighted by atomic mass is 32.3. The van der Waals surface area contributed by atoms with Gasteiger partial charge in [-0.15, -0.1) is 0 Å². The predicted molar refractivity (Wildman–Crippen MR) is 102 cm³/mol. The van der Waals surface area contributed by atoms with Crippen molar-refractivity contribution in [2.45, 2.75) is 12.8 Å². The Kier molecular flexibility index (Phi) is 6.12. The molecule has 0 aliphatic rings. The smallest absolute Gasteiger partial charge is 0.384 e. The van der Waals surface area contributed by atoms with E-state index in [0.717, 1.165) is 27.8 Å². The van der Waals surface area contributed by atoms with Crippen LogP contribution >= 0.6 is 0 Å². The van der Waals surface area contributed by atoms with Gasteiger partial charge in [-0.05, 0) is 45.1 Å². The third kappa shape index (κ3) is 5.78. The third-order valence-electron chi connectivity index (χ3n) is 3.90. The number of benzene rings is 1. The summed E-state index contributed by atoms with van der Waals surface area (Å²) in [7, 11) is -4.88. The number of carbonyl (C=O) groups is 1. The van der Waals surface area contributed by atoms with E-state index in [1.807, 2.05) is 18.2 Å². The van der Waals surface area contributed by atoms with Crippen molar-refractivity contribution in [3.8, 4) is 22.3 Å². The molecule has 0 amide bonds. The number of hydrogen-bond donors (Lipinski definition) is 2. The number of rotatable bonds is 7. The minimum Gasteiger partial charge on any atom is -0.384 e. The Bertz CT molecular complexity index is 1120. The number of nitrogens with two attached hydrogens (primary N) is 1. The van der Waals surface area contributed by atoms with Crippen molar-refractivity contribution in [3.05, 3.63) is 60.8 Å². The van der Waals surface area contributed by atoms with E-state index in [2.05, 4.69) is 24.2 Å². The summed E-state index contributed by atoms with van der Waals surface area (Å²) in [5, 5.41) is 0. The van der Waals surface area contributed by atoms with Gasteiger partial charge < -0.3 is 5.73 Å². The Morgan fingerprint density at radius 1 is 1.07 bits per heavy atom. The van der Waals surface area contributed by atoms with Crippen molar-refractivity contribution >= 4 is 22.2 Å². The Labute approximate surface area is 166 Å². The highest BCUT2D eigenvalue weighted by Crippen LogP contribution is 2.30. The molecule has 0 atom stereocenters. The minimum atomic E-state index is -4.88. The van der Waals surface area contributed by atoms with Gasteiger partial charge in [-0.3, -0.25) is 9.44 Å². The van der Waals surface area contributed by atoms with Crippen molar-refractivity contribution in [2.75, 3.05) is 5.73 Å². The molecule has 1 aromatic carbocycles. The first-order chi connectivity index (χ1) is 13.8. The first kappa shape index (κ1) is 20.3. The van der Waals surface area contributed by atoms with E-state index in [-0.39, 0.29) is 12.8 Å². The SMILES string of the molecule is Nc1cc(-c2ccc(-c3cncnc3)cc2CCC(=O)OOS(=O)(=O)O)ccn1. The highest BCUT2D eigenvalue weighted by molar-refractivity contribution is 7.80. The summed E-state index contributed by atoms with van der Waals surface area (Å²) >= 11 is 0. The summed E-state index contributed by atoms with van der Waals surface area (Å²) in [6.45, 7) is 0. The van der Waals surface area contributed by atoms with Crippen LogP contribution in [0.25, 0.3) is 22.3 Å². The lowest BCUT2D eigenvalue weighted by atomic mass is 9.93. The molecule has 2 aromatic heterocycles. The van der Waals surface area contributed by atoms with Crippen LogP contribution in [0.4, 0.5) is 5.82 Å². The standard InChI is InChI=1S/C18H16N4O6S/c19-17-8-14(5-6-22-17)16-3-1-12(15-9-20-11-21-10-15)7-13(16)2-4-18(23)27-28-29(24,25)26/h1,3,5-11H,2,4H2,(H2,19,22)(H,24,25,26). The average Bonchev–Trinajstić information content (AvgIpc) is 2.70. The lowest BCUT2D eigenvalue weighted by Crippen LogP contribution is -2.11. The van der Waals surface area contributed by atoms with E-state index in [1.54, 1.807) is 30.7 Å². The minimum absolute atomic E-state index is 0.197. The van der Waals surface area contributed by atoms with Gasteiger partial charge in [0.15, 0.2) is 0 Å².